The van der Waals surface area contributed by atoms with Crippen LogP contribution in [0.15, 0.2) is 42.5 Å². The van der Waals surface area contributed by atoms with Crippen LogP contribution < -0.4 is 19.3 Å². The first-order chi connectivity index (χ1) is 12.3. The van der Waals surface area contributed by atoms with Crippen molar-refractivity contribution >= 4 is 17.3 Å². The van der Waals surface area contributed by atoms with Gasteiger partial charge in [0.15, 0.2) is 0 Å². The van der Waals surface area contributed by atoms with Gasteiger partial charge in [-0.15, -0.1) is 0 Å². The summed E-state index contributed by atoms with van der Waals surface area (Å²) in [7, 11) is 1.66. The first-order valence-corrected chi connectivity index (χ1v) is 8.71. The van der Waals surface area contributed by atoms with Gasteiger partial charge in [0, 0.05) is 19.5 Å². The summed E-state index contributed by atoms with van der Waals surface area (Å²) in [5, 5.41) is 0. The number of benzene rings is 2. The summed E-state index contributed by atoms with van der Waals surface area (Å²) in [6.07, 6.45) is 1.14. The maximum Gasteiger partial charge on any atom is 0.227 e. The molecule has 0 aliphatic carbocycles. The Kier molecular flexibility index (Phi) is 4.22. The fourth-order valence-corrected chi connectivity index (χ4v) is 3.65. The number of aryl methyl sites for hydroxylation is 1. The van der Waals surface area contributed by atoms with Crippen molar-refractivity contribution in [1.82, 2.24) is 0 Å². The van der Waals surface area contributed by atoms with Crippen LogP contribution in [0.2, 0.25) is 0 Å². The first kappa shape index (κ1) is 15.8. The molecule has 0 aromatic heterocycles. The molecule has 0 radical (unpaired) electrons. The average molecular weight is 338 g/mol. The van der Waals surface area contributed by atoms with Crippen molar-refractivity contribution < 1.29 is 14.3 Å². The number of amides is 1. The van der Waals surface area contributed by atoms with E-state index in [1.807, 2.05) is 47.4 Å². The van der Waals surface area contributed by atoms with Gasteiger partial charge < -0.3 is 19.3 Å². The Hall–Kier alpha value is -2.69. The monoisotopic (exact) mass is 338 g/mol. The molecule has 2 aliphatic rings. The third-order valence-electron chi connectivity index (χ3n) is 4.90. The highest BCUT2D eigenvalue weighted by Crippen LogP contribution is 2.42. The highest BCUT2D eigenvalue weighted by Gasteiger charge is 2.31. The number of methoxy groups -OCH3 is 1. The maximum absolute atomic E-state index is 12.9. The van der Waals surface area contributed by atoms with E-state index >= 15 is 0 Å². The van der Waals surface area contributed by atoms with E-state index in [4.69, 9.17) is 9.47 Å². The molecule has 2 aromatic rings. The number of anilines is 2. The van der Waals surface area contributed by atoms with Crippen LogP contribution in [0.25, 0.3) is 0 Å². The molecule has 5 heteroatoms. The van der Waals surface area contributed by atoms with Crippen LogP contribution in [0.1, 0.15) is 12.0 Å². The number of rotatable bonds is 4. The smallest absolute Gasteiger partial charge is 0.227 e. The molecule has 0 bridgehead atoms. The second kappa shape index (κ2) is 6.67. The highest BCUT2D eigenvalue weighted by molar-refractivity contribution is 5.99. The van der Waals surface area contributed by atoms with Crippen LogP contribution in [0.4, 0.5) is 11.4 Å². The van der Waals surface area contributed by atoms with E-state index in [9.17, 15) is 4.79 Å². The minimum absolute atomic E-state index is 0.143. The second-order valence-electron chi connectivity index (χ2n) is 6.32. The summed E-state index contributed by atoms with van der Waals surface area (Å²) in [6, 6.07) is 13.8. The topological polar surface area (TPSA) is 42.0 Å². The van der Waals surface area contributed by atoms with E-state index in [1.165, 1.54) is 0 Å². The summed E-state index contributed by atoms with van der Waals surface area (Å²) in [6.45, 7) is 3.17. The van der Waals surface area contributed by atoms with Gasteiger partial charge in [-0.3, -0.25) is 4.79 Å². The van der Waals surface area contributed by atoms with Gasteiger partial charge in [-0.1, -0.05) is 24.3 Å². The zero-order valence-corrected chi connectivity index (χ0v) is 14.4. The Labute approximate surface area is 147 Å². The van der Waals surface area contributed by atoms with Crippen molar-refractivity contribution in [3.05, 3.63) is 48.0 Å². The van der Waals surface area contributed by atoms with Gasteiger partial charge in [-0.2, -0.15) is 0 Å². The molecule has 1 amide bonds. The van der Waals surface area contributed by atoms with E-state index in [-0.39, 0.29) is 5.91 Å². The Morgan fingerprint density at radius 2 is 2.00 bits per heavy atom. The van der Waals surface area contributed by atoms with Gasteiger partial charge in [0.25, 0.3) is 0 Å². The molecule has 0 N–H and O–H groups in total. The van der Waals surface area contributed by atoms with Gasteiger partial charge in [-0.05, 0) is 30.2 Å². The normalized spacial score (nSPS) is 15.4. The fourth-order valence-electron chi connectivity index (χ4n) is 3.65. The van der Waals surface area contributed by atoms with Crippen molar-refractivity contribution in [2.45, 2.75) is 12.8 Å². The molecule has 2 heterocycles. The predicted octanol–water partition coefficient (Wildman–Crippen LogP) is 2.87. The molecule has 2 aliphatic heterocycles. The lowest BCUT2D eigenvalue weighted by Gasteiger charge is -2.41. The molecule has 4 rings (SSSR count). The van der Waals surface area contributed by atoms with Crippen molar-refractivity contribution in [2.24, 2.45) is 0 Å². The Morgan fingerprint density at radius 3 is 2.88 bits per heavy atom. The SMILES string of the molecule is COc1ccccc1CCC(=O)N1CCN2CCOc3cccc1c32. The summed E-state index contributed by atoms with van der Waals surface area (Å²) in [5.74, 6) is 1.86. The summed E-state index contributed by atoms with van der Waals surface area (Å²) >= 11 is 0. The molecule has 2 aromatic carbocycles. The maximum atomic E-state index is 12.9. The Morgan fingerprint density at radius 1 is 1.12 bits per heavy atom. The minimum atomic E-state index is 0.143. The molecule has 0 fully saturated rings. The van der Waals surface area contributed by atoms with Gasteiger partial charge in [0.2, 0.25) is 5.91 Å². The summed E-state index contributed by atoms with van der Waals surface area (Å²) in [5.41, 5.74) is 3.09. The molecule has 0 saturated carbocycles. The highest BCUT2D eigenvalue weighted by atomic mass is 16.5. The van der Waals surface area contributed by atoms with E-state index in [0.717, 1.165) is 48.1 Å². The second-order valence-corrected chi connectivity index (χ2v) is 6.32. The molecule has 0 atom stereocenters. The van der Waals surface area contributed by atoms with Crippen LogP contribution >= 0.6 is 0 Å². The quantitative estimate of drug-likeness (QED) is 0.860. The molecule has 25 heavy (non-hydrogen) atoms. The molecular formula is C20H22N2O3. The molecular weight excluding hydrogens is 316 g/mol. The van der Waals surface area contributed by atoms with Crippen molar-refractivity contribution in [2.75, 3.05) is 43.2 Å². The molecule has 5 nitrogen and oxygen atoms in total. The Balaban J connectivity index is 1.53. The standard InChI is InChI=1S/C20H22N2O3/c1-24-17-7-3-2-5-15(17)9-10-19(23)22-12-11-21-13-14-25-18-8-4-6-16(22)20(18)21/h2-8H,9-14H2,1H3. The number of nitrogens with zero attached hydrogens (tertiary/aromatic N) is 2. The average Bonchev–Trinajstić information content (AvgIpc) is 2.67. The Bertz CT molecular complexity index is 790. The van der Waals surface area contributed by atoms with E-state index < -0.39 is 0 Å². The number of hydrogen-bond acceptors (Lipinski definition) is 4. The third kappa shape index (κ3) is 2.90. The van der Waals surface area contributed by atoms with E-state index in [1.54, 1.807) is 7.11 Å². The van der Waals surface area contributed by atoms with E-state index in [2.05, 4.69) is 4.90 Å². The molecule has 130 valence electrons. The minimum Gasteiger partial charge on any atom is -0.496 e. The van der Waals surface area contributed by atoms with Gasteiger partial charge >= 0.3 is 0 Å². The molecule has 0 spiro atoms. The van der Waals surface area contributed by atoms with Gasteiger partial charge in [0.05, 0.1) is 19.3 Å². The lowest BCUT2D eigenvalue weighted by atomic mass is 10.1. The van der Waals surface area contributed by atoms with Crippen LogP contribution in [0, 0.1) is 0 Å². The van der Waals surface area contributed by atoms with Crippen LogP contribution in [0.3, 0.4) is 0 Å². The zero-order chi connectivity index (χ0) is 17.2. The number of ether oxygens (including phenoxy) is 2. The lowest BCUT2D eigenvalue weighted by molar-refractivity contribution is -0.118. The van der Waals surface area contributed by atoms with Crippen LogP contribution in [-0.2, 0) is 11.2 Å². The van der Waals surface area contributed by atoms with E-state index in [0.29, 0.717) is 19.4 Å². The number of carbonyl (C=O) groups excluding carboxylic acids is 1. The lowest BCUT2D eigenvalue weighted by Crippen LogP contribution is -2.47. The largest absolute Gasteiger partial charge is 0.496 e. The fraction of sp³-hybridized carbons (Fsp3) is 0.350. The number of para-hydroxylation sites is 2. The van der Waals surface area contributed by atoms with Gasteiger partial charge in [0.1, 0.15) is 23.8 Å². The molecule has 0 unspecified atom stereocenters. The van der Waals surface area contributed by atoms with Crippen molar-refractivity contribution in [3.63, 3.8) is 0 Å². The van der Waals surface area contributed by atoms with Crippen molar-refractivity contribution in [1.29, 1.82) is 0 Å². The first-order valence-electron chi connectivity index (χ1n) is 8.71. The van der Waals surface area contributed by atoms with Crippen molar-refractivity contribution in [3.8, 4) is 11.5 Å². The summed E-state index contributed by atoms with van der Waals surface area (Å²) in [4.78, 5) is 17.1. The number of hydrogen-bond donors (Lipinski definition) is 0. The van der Waals surface area contributed by atoms with Gasteiger partial charge in [-0.25, -0.2) is 0 Å². The third-order valence-corrected chi connectivity index (χ3v) is 4.90. The molecule has 0 saturated heterocycles. The van der Waals surface area contributed by atoms with Crippen LogP contribution in [-0.4, -0.2) is 39.3 Å². The zero-order valence-electron chi connectivity index (χ0n) is 14.4. The number of carbonyl (C=O) groups is 1. The predicted molar refractivity (Wildman–Crippen MR) is 97.8 cm³/mol. The summed E-state index contributed by atoms with van der Waals surface area (Å²) < 4.78 is 11.1. The van der Waals surface area contributed by atoms with Crippen LogP contribution in [0.5, 0.6) is 11.5 Å².